The van der Waals surface area contributed by atoms with Gasteiger partial charge in [0.2, 0.25) is 0 Å². The number of ether oxygens (including phenoxy) is 1. The van der Waals surface area contributed by atoms with Crippen LogP contribution in [0.1, 0.15) is 88.0 Å². The van der Waals surface area contributed by atoms with Crippen LogP contribution in [0.15, 0.2) is 46.6 Å². The number of hydrogen-bond donors (Lipinski definition) is 0. The molecule has 0 fully saturated rings. The molecule has 1 aliphatic carbocycles. The number of allylic oxidation sites excluding steroid dienone is 7. The molecule has 30 heavy (non-hydrogen) atoms. The molecule has 168 valence electrons. The zero-order chi connectivity index (χ0) is 23.1. The van der Waals surface area contributed by atoms with Crippen molar-refractivity contribution in [3.8, 4) is 0 Å². The molecule has 1 aliphatic rings. The Labute approximate surface area is 184 Å². The smallest absolute Gasteiger partial charge is 0.331 e. The third-order valence-corrected chi connectivity index (χ3v) is 6.22. The molecule has 0 aromatic rings. The van der Waals surface area contributed by atoms with Crippen LogP contribution in [0.3, 0.4) is 0 Å². The average Bonchev–Trinajstić information content (AvgIpc) is 2.61. The lowest BCUT2D eigenvalue weighted by Gasteiger charge is -2.36. The van der Waals surface area contributed by atoms with Gasteiger partial charge in [-0.15, -0.1) is 0 Å². The van der Waals surface area contributed by atoms with Crippen LogP contribution < -0.4 is 0 Å². The van der Waals surface area contributed by atoms with Gasteiger partial charge in [-0.3, -0.25) is 4.79 Å². The number of carbonyl (C=O) groups is 2. The summed E-state index contributed by atoms with van der Waals surface area (Å²) in [7, 11) is 0. The largest absolute Gasteiger partial charge is 0.454 e. The van der Waals surface area contributed by atoms with Crippen LogP contribution in [0.2, 0.25) is 0 Å². The molecule has 1 atom stereocenters. The predicted molar refractivity (Wildman–Crippen MR) is 126 cm³/mol. The van der Waals surface area contributed by atoms with Crippen LogP contribution in [0.25, 0.3) is 0 Å². The first-order chi connectivity index (χ1) is 13.7. The van der Waals surface area contributed by atoms with E-state index in [0.29, 0.717) is 11.3 Å². The Kier molecular flexibility index (Phi) is 9.52. The van der Waals surface area contributed by atoms with Crippen molar-refractivity contribution in [2.45, 2.75) is 88.0 Å². The van der Waals surface area contributed by atoms with E-state index >= 15 is 0 Å². The zero-order valence-electron chi connectivity index (χ0n) is 20.6. The van der Waals surface area contributed by atoms with Crippen molar-refractivity contribution < 1.29 is 14.3 Å². The third kappa shape index (κ3) is 8.45. The van der Waals surface area contributed by atoms with E-state index in [1.807, 2.05) is 39.8 Å². The quantitative estimate of drug-likeness (QED) is 0.183. The normalized spacial score (nSPS) is 19.2. The lowest BCUT2D eigenvalue weighted by molar-refractivity contribution is -0.145. The summed E-state index contributed by atoms with van der Waals surface area (Å²) in [5.41, 5.74) is 5.14. The van der Waals surface area contributed by atoms with Gasteiger partial charge >= 0.3 is 5.97 Å². The van der Waals surface area contributed by atoms with Crippen molar-refractivity contribution in [2.75, 3.05) is 6.61 Å². The molecule has 0 aromatic carbocycles. The molecule has 0 saturated heterocycles. The summed E-state index contributed by atoms with van der Waals surface area (Å²) < 4.78 is 5.06. The van der Waals surface area contributed by atoms with Gasteiger partial charge in [0.05, 0.1) is 0 Å². The van der Waals surface area contributed by atoms with Crippen molar-refractivity contribution in [1.82, 2.24) is 0 Å². The molecule has 0 N–H and O–H groups in total. The minimum absolute atomic E-state index is 0.0866. The predicted octanol–water partition coefficient (Wildman–Crippen LogP) is 7.15. The summed E-state index contributed by atoms with van der Waals surface area (Å²) in [6.45, 7) is 18.6. The Morgan fingerprint density at radius 1 is 1.20 bits per heavy atom. The standard InChI is InChI=1S/C27H42O3/c1-19(16-25(29)30-18-24(28)26(5,6)7)12-10-13-20(2)22(4)17-23-21(3)14-11-15-27(23,8)9/h10,12-13,16,22H,11,14-15,17-18H2,1-9H3/b12-10+,19-16-,20-13+. The second-order valence-corrected chi connectivity index (χ2v) is 10.5. The van der Waals surface area contributed by atoms with E-state index in [-0.39, 0.29) is 12.4 Å². The van der Waals surface area contributed by atoms with Crippen molar-refractivity contribution >= 4 is 11.8 Å². The second kappa shape index (κ2) is 10.9. The number of carbonyl (C=O) groups excluding carboxylic acids is 2. The fourth-order valence-corrected chi connectivity index (χ4v) is 3.74. The van der Waals surface area contributed by atoms with Crippen LogP contribution in [0, 0.1) is 16.7 Å². The first kappa shape index (κ1) is 26.1. The summed E-state index contributed by atoms with van der Waals surface area (Å²) >= 11 is 0. The summed E-state index contributed by atoms with van der Waals surface area (Å²) in [6, 6.07) is 0. The summed E-state index contributed by atoms with van der Waals surface area (Å²) in [6.07, 6.45) is 12.4. The minimum atomic E-state index is -0.501. The Morgan fingerprint density at radius 3 is 2.40 bits per heavy atom. The van der Waals surface area contributed by atoms with E-state index < -0.39 is 11.4 Å². The highest BCUT2D eigenvalue weighted by Crippen LogP contribution is 2.43. The molecular weight excluding hydrogens is 372 g/mol. The van der Waals surface area contributed by atoms with Crippen molar-refractivity contribution in [2.24, 2.45) is 16.7 Å². The number of hydrogen-bond acceptors (Lipinski definition) is 3. The summed E-state index contributed by atoms with van der Waals surface area (Å²) in [5, 5.41) is 0. The molecule has 0 radical (unpaired) electrons. The second-order valence-electron chi connectivity index (χ2n) is 10.5. The van der Waals surface area contributed by atoms with Crippen LogP contribution in [0.4, 0.5) is 0 Å². The minimum Gasteiger partial charge on any atom is -0.454 e. The highest BCUT2D eigenvalue weighted by molar-refractivity contribution is 5.89. The van der Waals surface area contributed by atoms with Gasteiger partial charge in [-0.1, -0.05) is 76.5 Å². The molecule has 0 heterocycles. The van der Waals surface area contributed by atoms with Gasteiger partial charge in [0.25, 0.3) is 0 Å². The molecule has 3 nitrogen and oxygen atoms in total. The number of rotatable bonds is 8. The van der Waals surface area contributed by atoms with Gasteiger partial charge in [0, 0.05) is 11.5 Å². The Balaban J connectivity index is 2.66. The molecule has 0 amide bonds. The van der Waals surface area contributed by atoms with E-state index in [0.717, 1.165) is 12.0 Å². The van der Waals surface area contributed by atoms with E-state index in [1.54, 1.807) is 11.1 Å². The van der Waals surface area contributed by atoms with Crippen molar-refractivity contribution in [3.63, 3.8) is 0 Å². The monoisotopic (exact) mass is 414 g/mol. The van der Waals surface area contributed by atoms with Gasteiger partial charge in [-0.05, 0) is 63.4 Å². The molecule has 1 rings (SSSR count). The van der Waals surface area contributed by atoms with Crippen LogP contribution in [0.5, 0.6) is 0 Å². The van der Waals surface area contributed by atoms with E-state index in [2.05, 4.69) is 40.7 Å². The molecule has 0 aliphatic heterocycles. The first-order valence-corrected chi connectivity index (χ1v) is 11.2. The summed E-state index contributed by atoms with van der Waals surface area (Å²) in [5.74, 6) is -0.0862. The zero-order valence-corrected chi connectivity index (χ0v) is 20.6. The number of Topliss-reactive ketones (excluding diaryl/α,β-unsaturated/α-hetero) is 1. The first-order valence-electron chi connectivity index (χ1n) is 11.2. The average molecular weight is 415 g/mol. The van der Waals surface area contributed by atoms with Crippen molar-refractivity contribution in [1.29, 1.82) is 0 Å². The SMILES string of the molecule is CC1=C(CC(C)/C(C)=C/C=C/C(C)=C\C(=O)OCC(=O)C(C)(C)C)C(C)(C)CCC1. The van der Waals surface area contributed by atoms with Gasteiger partial charge in [0.1, 0.15) is 0 Å². The molecule has 0 bridgehead atoms. The fourth-order valence-electron chi connectivity index (χ4n) is 3.74. The van der Waals surface area contributed by atoms with Gasteiger partial charge < -0.3 is 4.74 Å². The fraction of sp³-hybridized carbons (Fsp3) is 0.630. The highest BCUT2D eigenvalue weighted by Gasteiger charge is 2.29. The van der Waals surface area contributed by atoms with Gasteiger partial charge in [-0.2, -0.15) is 0 Å². The molecule has 1 unspecified atom stereocenters. The molecular formula is C27H42O3. The molecule has 0 aromatic heterocycles. The van der Waals surface area contributed by atoms with Crippen LogP contribution >= 0.6 is 0 Å². The molecule has 0 spiro atoms. The highest BCUT2D eigenvalue weighted by atomic mass is 16.5. The third-order valence-electron chi connectivity index (χ3n) is 6.22. The number of esters is 1. The lowest BCUT2D eigenvalue weighted by Crippen LogP contribution is -2.26. The Bertz CT molecular complexity index is 751. The maximum absolute atomic E-state index is 11.9. The van der Waals surface area contributed by atoms with Crippen LogP contribution in [-0.4, -0.2) is 18.4 Å². The number of ketones is 1. The van der Waals surface area contributed by atoms with E-state index in [1.165, 1.54) is 30.9 Å². The maximum Gasteiger partial charge on any atom is 0.331 e. The van der Waals surface area contributed by atoms with E-state index in [9.17, 15) is 9.59 Å². The van der Waals surface area contributed by atoms with Crippen molar-refractivity contribution in [3.05, 3.63) is 46.6 Å². The van der Waals surface area contributed by atoms with Crippen LogP contribution in [-0.2, 0) is 14.3 Å². The molecule has 3 heteroatoms. The van der Waals surface area contributed by atoms with E-state index in [4.69, 9.17) is 4.74 Å². The topological polar surface area (TPSA) is 43.4 Å². The lowest BCUT2D eigenvalue weighted by atomic mass is 9.69. The van der Waals surface area contributed by atoms with Gasteiger partial charge in [-0.25, -0.2) is 4.79 Å². The Hall–Kier alpha value is -1.90. The molecule has 0 saturated carbocycles. The summed E-state index contributed by atoms with van der Waals surface area (Å²) in [4.78, 5) is 23.7. The Morgan fingerprint density at radius 2 is 1.83 bits per heavy atom. The van der Waals surface area contributed by atoms with Gasteiger partial charge in [0.15, 0.2) is 12.4 Å². The maximum atomic E-state index is 11.9.